The van der Waals surface area contributed by atoms with Crippen LogP contribution in [0, 0.1) is 5.92 Å². The Kier molecular flexibility index (Phi) is 10.7. The van der Waals surface area contributed by atoms with Gasteiger partial charge in [0.25, 0.3) is 5.91 Å². The molecule has 3 N–H and O–H groups in total. The fourth-order valence-corrected chi connectivity index (χ4v) is 3.41. The lowest BCUT2D eigenvalue weighted by molar-refractivity contribution is -0.154. The second-order valence-electron chi connectivity index (χ2n) is 9.39. The molecule has 2 rings (SSSR count). The number of nitrogens with zero attached hydrogens (tertiary/aromatic N) is 1. The summed E-state index contributed by atoms with van der Waals surface area (Å²) in [6.45, 7) is 7.11. The monoisotopic (exact) mass is 501 g/mol. The number of nitrogens with one attached hydrogen (secondary N) is 2. The smallest absolute Gasteiger partial charge is 0.338 e. The number of esters is 1. The van der Waals surface area contributed by atoms with E-state index in [1.807, 2.05) is 6.92 Å². The number of carbonyl (C=O) groups is 4. The average molecular weight is 502 g/mol. The molecule has 0 aliphatic rings. The van der Waals surface area contributed by atoms with Crippen molar-refractivity contribution in [2.45, 2.75) is 59.0 Å². The van der Waals surface area contributed by atoms with Crippen molar-refractivity contribution in [1.82, 2.24) is 15.7 Å². The zero-order chi connectivity index (χ0) is 26.7. The number of amides is 3. The lowest BCUT2D eigenvalue weighted by Gasteiger charge is -2.19. The Morgan fingerprint density at radius 3 is 2.56 bits per heavy atom. The Bertz CT molecular complexity index is 1040. The molecule has 0 unspecified atom stereocenters. The van der Waals surface area contributed by atoms with Crippen molar-refractivity contribution in [1.29, 1.82) is 0 Å². The van der Waals surface area contributed by atoms with Gasteiger partial charge in [-0.25, -0.2) is 9.86 Å². The van der Waals surface area contributed by atoms with Gasteiger partial charge in [0, 0.05) is 5.56 Å². The molecule has 0 radical (unpaired) electrons. The summed E-state index contributed by atoms with van der Waals surface area (Å²) < 4.78 is 11.0. The SMILES string of the molecule is CCCCC[C@H](CN(O)C=O)C(=O)NCNC(=O)c1ccc(-c2cccc(C(=O)OC(C)(C)C)c2)o1. The highest BCUT2D eigenvalue weighted by atomic mass is 16.6. The summed E-state index contributed by atoms with van der Waals surface area (Å²) in [7, 11) is 0. The molecule has 2 aromatic rings. The molecule has 1 heterocycles. The maximum atomic E-state index is 12.5. The number of rotatable bonds is 13. The number of hydroxylamine groups is 2. The molecule has 0 saturated carbocycles. The third-order valence-corrected chi connectivity index (χ3v) is 5.18. The zero-order valence-corrected chi connectivity index (χ0v) is 21.2. The predicted octanol–water partition coefficient (Wildman–Crippen LogP) is 3.75. The van der Waals surface area contributed by atoms with E-state index in [1.54, 1.807) is 51.1 Å². The van der Waals surface area contributed by atoms with Crippen LogP contribution in [0.1, 0.15) is 74.3 Å². The molecule has 36 heavy (non-hydrogen) atoms. The van der Waals surface area contributed by atoms with Gasteiger partial charge < -0.3 is 19.8 Å². The number of unbranched alkanes of at least 4 members (excludes halogenated alkanes) is 2. The summed E-state index contributed by atoms with van der Waals surface area (Å²) in [4.78, 5) is 48.0. The van der Waals surface area contributed by atoms with Crippen LogP contribution in [0.15, 0.2) is 40.8 Å². The van der Waals surface area contributed by atoms with Crippen LogP contribution in [0.25, 0.3) is 11.3 Å². The third kappa shape index (κ3) is 9.18. The molecule has 1 aromatic carbocycles. The molecule has 0 bridgehead atoms. The molecule has 0 fully saturated rings. The predicted molar refractivity (Wildman–Crippen MR) is 132 cm³/mol. The molecule has 0 aliphatic carbocycles. The lowest BCUT2D eigenvalue weighted by atomic mass is 10.0. The fourth-order valence-electron chi connectivity index (χ4n) is 3.41. The first kappa shape index (κ1) is 28.6. The molecule has 1 aromatic heterocycles. The van der Waals surface area contributed by atoms with E-state index in [-0.39, 0.29) is 31.3 Å². The van der Waals surface area contributed by atoms with E-state index in [0.717, 1.165) is 19.3 Å². The van der Waals surface area contributed by atoms with E-state index >= 15 is 0 Å². The summed E-state index contributed by atoms with van der Waals surface area (Å²) in [5.74, 6) is -1.56. The van der Waals surface area contributed by atoms with Crippen molar-refractivity contribution in [2.24, 2.45) is 5.92 Å². The first-order valence-electron chi connectivity index (χ1n) is 11.9. The van der Waals surface area contributed by atoms with Crippen molar-refractivity contribution in [3.63, 3.8) is 0 Å². The van der Waals surface area contributed by atoms with Crippen LogP contribution in [-0.4, -0.2) is 53.3 Å². The highest BCUT2D eigenvalue weighted by Crippen LogP contribution is 2.24. The first-order valence-corrected chi connectivity index (χ1v) is 11.9. The Morgan fingerprint density at radius 1 is 1.14 bits per heavy atom. The number of furan rings is 1. The van der Waals surface area contributed by atoms with Crippen molar-refractivity contribution in [3.05, 3.63) is 47.7 Å². The van der Waals surface area contributed by atoms with Gasteiger partial charge in [-0.1, -0.05) is 38.3 Å². The Hall–Kier alpha value is -3.66. The Labute approximate surface area is 210 Å². The standard InChI is InChI=1S/C26H35N3O7/c1-5-6-7-9-20(15-29(34)17-30)23(31)27-16-28-24(32)22-13-12-21(35-22)18-10-8-11-19(14-18)25(33)36-26(2,3)4/h8,10-14,17,20,34H,5-7,9,15-16H2,1-4H3,(H,27,31)(H,28,32)/t20-/m1/s1. The lowest BCUT2D eigenvalue weighted by Crippen LogP contribution is -2.42. The molecular weight excluding hydrogens is 466 g/mol. The van der Waals surface area contributed by atoms with Gasteiger partial charge in [0.1, 0.15) is 11.4 Å². The van der Waals surface area contributed by atoms with Gasteiger partial charge in [0.05, 0.1) is 24.7 Å². The van der Waals surface area contributed by atoms with Gasteiger partial charge in [-0.05, 0) is 51.5 Å². The number of ether oxygens (including phenoxy) is 1. The van der Waals surface area contributed by atoms with Crippen molar-refractivity contribution in [3.8, 4) is 11.3 Å². The second kappa shape index (κ2) is 13.4. The third-order valence-electron chi connectivity index (χ3n) is 5.18. The summed E-state index contributed by atoms with van der Waals surface area (Å²) >= 11 is 0. The molecule has 10 nitrogen and oxygen atoms in total. The van der Waals surface area contributed by atoms with E-state index < -0.39 is 23.4 Å². The molecule has 1 atom stereocenters. The Morgan fingerprint density at radius 2 is 1.89 bits per heavy atom. The summed E-state index contributed by atoms with van der Waals surface area (Å²) in [6.07, 6.45) is 3.42. The van der Waals surface area contributed by atoms with Crippen molar-refractivity contribution >= 4 is 24.2 Å². The maximum absolute atomic E-state index is 12.5. The Balaban J connectivity index is 1.95. The van der Waals surface area contributed by atoms with Crippen LogP contribution in [-0.2, 0) is 14.3 Å². The minimum absolute atomic E-state index is 0.0314. The van der Waals surface area contributed by atoms with Crippen LogP contribution >= 0.6 is 0 Å². The molecule has 0 saturated heterocycles. The molecule has 0 spiro atoms. The first-order chi connectivity index (χ1) is 17.0. The normalized spacial score (nSPS) is 11.9. The van der Waals surface area contributed by atoms with E-state index in [1.165, 1.54) is 6.07 Å². The summed E-state index contributed by atoms with van der Waals surface area (Å²) in [5, 5.41) is 15.1. The number of hydrogen-bond acceptors (Lipinski definition) is 7. The van der Waals surface area contributed by atoms with Gasteiger partial charge in [-0.3, -0.25) is 19.6 Å². The van der Waals surface area contributed by atoms with E-state index in [4.69, 9.17) is 9.15 Å². The molecular formula is C26H35N3O7. The summed E-state index contributed by atoms with van der Waals surface area (Å²) in [6, 6.07) is 9.81. The minimum atomic E-state index is -0.625. The van der Waals surface area contributed by atoms with Crippen LogP contribution in [0.5, 0.6) is 0 Å². The minimum Gasteiger partial charge on any atom is -0.456 e. The number of benzene rings is 1. The molecule has 196 valence electrons. The van der Waals surface area contributed by atoms with Crippen LogP contribution < -0.4 is 10.6 Å². The highest BCUT2D eigenvalue weighted by molar-refractivity contribution is 5.93. The second-order valence-corrected chi connectivity index (χ2v) is 9.39. The molecule has 3 amide bonds. The zero-order valence-electron chi connectivity index (χ0n) is 21.2. The van der Waals surface area contributed by atoms with Crippen LogP contribution in [0.2, 0.25) is 0 Å². The number of carbonyl (C=O) groups excluding carboxylic acids is 4. The van der Waals surface area contributed by atoms with Gasteiger partial charge >= 0.3 is 5.97 Å². The van der Waals surface area contributed by atoms with E-state index in [2.05, 4.69) is 10.6 Å². The van der Waals surface area contributed by atoms with Crippen molar-refractivity contribution in [2.75, 3.05) is 13.2 Å². The van der Waals surface area contributed by atoms with Gasteiger partial charge in [-0.15, -0.1) is 0 Å². The number of hydrogen-bond donors (Lipinski definition) is 3. The highest BCUT2D eigenvalue weighted by Gasteiger charge is 2.21. The maximum Gasteiger partial charge on any atom is 0.338 e. The van der Waals surface area contributed by atoms with Crippen LogP contribution in [0.3, 0.4) is 0 Å². The van der Waals surface area contributed by atoms with E-state index in [0.29, 0.717) is 28.4 Å². The average Bonchev–Trinajstić information content (AvgIpc) is 3.33. The van der Waals surface area contributed by atoms with Gasteiger partial charge in [0.15, 0.2) is 5.76 Å². The van der Waals surface area contributed by atoms with Crippen LogP contribution in [0.4, 0.5) is 0 Å². The molecule has 0 aliphatic heterocycles. The van der Waals surface area contributed by atoms with Gasteiger partial charge in [0.2, 0.25) is 12.3 Å². The van der Waals surface area contributed by atoms with E-state index in [9.17, 15) is 24.4 Å². The topological polar surface area (TPSA) is 138 Å². The van der Waals surface area contributed by atoms with Crippen molar-refractivity contribution < 1.29 is 33.5 Å². The summed E-state index contributed by atoms with van der Waals surface area (Å²) in [5.41, 5.74) is 0.335. The molecule has 10 heteroatoms. The fraction of sp³-hybridized carbons (Fsp3) is 0.462. The largest absolute Gasteiger partial charge is 0.456 e. The van der Waals surface area contributed by atoms with Gasteiger partial charge in [-0.2, -0.15) is 0 Å². The quantitative estimate of drug-likeness (QED) is 0.0949.